The third-order valence-corrected chi connectivity index (χ3v) is 11.5. The number of hydrogen-bond donors (Lipinski definition) is 4. The van der Waals surface area contributed by atoms with Crippen molar-refractivity contribution >= 4 is 23.4 Å². The Bertz CT molecular complexity index is 2260. The molecule has 2 aliphatic heterocycles. The molecular formula is C38H34ClN7O3. The van der Waals surface area contributed by atoms with Crippen LogP contribution >= 0.6 is 11.6 Å². The Hall–Kier alpha value is -4.96. The van der Waals surface area contributed by atoms with Crippen molar-refractivity contribution in [2.24, 2.45) is 0 Å². The van der Waals surface area contributed by atoms with Crippen LogP contribution in [0.3, 0.4) is 0 Å². The van der Waals surface area contributed by atoms with Gasteiger partial charge >= 0.3 is 0 Å². The predicted octanol–water partition coefficient (Wildman–Crippen LogP) is 5.71. The predicted molar refractivity (Wildman–Crippen MR) is 184 cm³/mol. The van der Waals surface area contributed by atoms with Crippen LogP contribution in [0, 0.1) is 0 Å². The molecule has 49 heavy (non-hydrogen) atoms. The Morgan fingerprint density at radius 1 is 0.714 bits per heavy atom. The van der Waals surface area contributed by atoms with E-state index in [4.69, 9.17) is 16.3 Å². The zero-order valence-electron chi connectivity index (χ0n) is 27.1. The third kappa shape index (κ3) is 4.64. The maximum absolute atomic E-state index is 12.8. The molecule has 246 valence electrons. The first-order chi connectivity index (χ1) is 23.8. The van der Waals surface area contributed by atoms with Gasteiger partial charge in [0.15, 0.2) is 0 Å². The normalized spacial score (nSPS) is 19.1. The van der Waals surface area contributed by atoms with Crippen LogP contribution in [-0.4, -0.2) is 54.9 Å². The lowest BCUT2D eigenvalue weighted by atomic mass is 9.87. The molecule has 5 aromatic rings. The fourth-order valence-electron chi connectivity index (χ4n) is 8.40. The van der Waals surface area contributed by atoms with Gasteiger partial charge in [0.1, 0.15) is 10.9 Å². The first-order valence-corrected chi connectivity index (χ1v) is 17.4. The van der Waals surface area contributed by atoms with Gasteiger partial charge in [0.25, 0.3) is 11.8 Å². The number of methoxy groups -OCH3 is 1. The van der Waals surface area contributed by atoms with Crippen molar-refractivity contribution in [1.29, 1.82) is 0 Å². The summed E-state index contributed by atoms with van der Waals surface area (Å²) in [5.74, 6) is 0.889. The highest BCUT2D eigenvalue weighted by atomic mass is 35.5. The van der Waals surface area contributed by atoms with E-state index in [2.05, 4.69) is 41.6 Å². The van der Waals surface area contributed by atoms with Crippen LogP contribution in [0.25, 0.3) is 33.8 Å². The number of hydrogen-bond acceptors (Lipinski definition) is 6. The van der Waals surface area contributed by atoms with E-state index in [1.807, 2.05) is 24.5 Å². The quantitative estimate of drug-likeness (QED) is 0.177. The number of nitrogens with one attached hydrogen (secondary N) is 4. The highest BCUT2D eigenvalue weighted by Crippen LogP contribution is 2.47. The number of pyridine rings is 3. The van der Waals surface area contributed by atoms with Crippen molar-refractivity contribution in [3.63, 3.8) is 0 Å². The van der Waals surface area contributed by atoms with E-state index in [0.717, 1.165) is 132 Å². The molecule has 10 nitrogen and oxygen atoms in total. The molecule has 0 radical (unpaired) electrons. The number of carbonyl (C=O) groups is 2. The van der Waals surface area contributed by atoms with Crippen molar-refractivity contribution in [1.82, 2.24) is 35.6 Å². The lowest BCUT2D eigenvalue weighted by Crippen LogP contribution is -2.43. The van der Waals surface area contributed by atoms with Gasteiger partial charge in [-0.05, 0) is 91.8 Å². The molecule has 0 atom stereocenters. The van der Waals surface area contributed by atoms with Gasteiger partial charge in [-0.2, -0.15) is 0 Å². The van der Waals surface area contributed by atoms with Gasteiger partial charge in [-0.15, -0.1) is 0 Å². The average molecular weight is 672 g/mol. The smallest absolute Gasteiger partial charge is 0.253 e. The molecule has 4 aliphatic carbocycles. The fourth-order valence-corrected chi connectivity index (χ4v) is 8.55. The highest BCUT2D eigenvalue weighted by Gasteiger charge is 2.50. The van der Waals surface area contributed by atoms with E-state index in [1.54, 1.807) is 19.5 Å². The average Bonchev–Trinajstić information content (AvgIpc) is 3.95. The van der Waals surface area contributed by atoms with E-state index in [-0.39, 0.29) is 22.9 Å². The number of fused-ring (bicyclic) bond motifs is 10. The number of ether oxygens (including phenoxy) is 1. The molecule has 2 spiro atoms. The highest BCUT2D eigenvalue weighted by molar-refractivity contribution is 6.29. The fraction of sp³-hybridized carbons (Fsp3) is 0.342. The maximum atomic E-state index is 12.8. The Kier molecular flexibility index (Phi) is 6.08. The molecule has 0 saturated heterocycles. The maximum Gasteiger partial charge on any atom is 0.253 e. The van der Waals surface area contributed by atoms with E-state index in [9.17, 15) is 9.59 Å². The number of aromatic nitrogens is 5. The molecule has 6 aliphatic rings. The van der Waals surface area contributed by atoms with Crippen LogP contribution in [0.4, 0.5) is 0 Å². The number of halogens is 1. The topological polar surface area (TPSA) is 138 Å². The summed E-state index contributed by atoms with van der Waals surface area (Å²) in [6.45, 7) is 0. The minimum absolute atomic E-state index is 0.00995. The molecule has 0 unspecified atom stereocenters. The first-order valence-electron chi connectivity index (χ1n) is 17.1. The zero-order chi connectivity index (χ0) is 33.1. The summed E-state index contributed by atoms with van der Waals surface area (Å²) >= 11 is 6.05. The van der Waals surface area contributed by atoms with Crippen LogP contribution in [0.5, 0.6) is 5.75 Å². The summed E-state index contributed by atoms with van der Waals surface area (Å²) in [4.78, 5) is 45.5. The molecule has 2 amide bonds. The van der Waals surface area contributed by atoms with Crippen molar-refractivity contribution in [3.05, 3.63) is 92.9 Å². The minimum atomic E-state index is 0.00995. The second-order valence-electron chi connectivity index (χ2n) is 14.5. The Balaban J connectivity index is 0.000000130. The van der Waals surface area contributed by atoms with E-state index >= 15 is 0 Å². The number of amides is 2. The largest absolute Gasteiger partial charge is 0.495 e. The summed E-state index contributed by atoms with van der Waals surface area (Å²) in [6, 6.07) is 5.95. The molecule has 0 aromatic carbocycles. The van der Waals surface area contributed by atoms with E-state index in [0.29, 0.717) is 10.9 Å². The SMILES string of the molecule is COc1cncc(-c2cc3c(cn2)CCc2c-3[nH]c3c2C(=O)NC2(CC2)C3)c1.O=C1NC2(CC2)Cc2[nH]c3c(c21)CCc1cnc(Cl)cc1-3. The Morgan fingerprint density at radius 2 is 1.29 bits per heavy atom. The number of H-pyrrole nitrogens is 2. The summed E-state index contributed by atoms with van der Waals surface area (Å²) in [7, 11) is 1.63. The standard InChI is InChI=1S/C22H20N4O2.C16H14ClN3O/c1-28-14-6-13(9-23-11-14)17-7-16-12(10-24-17)2-3-15-19-18(25-20(15)16)8-22(4-5-22)26-21(19)27;17-12-5-10-8(7-18-12)1-2-9-13-11(19-14(9)10)6-16(3-4-16)20-15(13)21/h6-7,9-11,25H,2-5,8H2,1H3,(H,26,27);5,7,19H,1-4,6H2,(H,20,21). The van der Waals surface area contributed by atoms with E-state index in [1.165, 1.54) is 11.1 Å². The van der Waals surface area contributed by atoms with Gasteiger partial charge in [0.05, 0.1) is 41.5 Å². The number of rotatable bonds is 2. The molecular weight excluding hydrogens is 638 g/mol. The van der Waals surface area contributed by atoms with Crippen molar-refractivity contribution < 1.29 is 14.3 Å². The molecule has 7 heterocycles. The second-order valence-corrected chi connectivity index (χ2v) is 14.9. The van der Waals surface area contributed by atoms with Gasteiger partial charge in [-0.25, -0.2) is 4.98 Å². The third-order valence-electron chi connectivity index (χ3n) is 11.3. The van der Waals surface area contributed by atoms with Crippen LogP contribution in [0.2, 0.25) is 5.15 Å². The summed E-state index contributed by atoms with van der Waals surface area (Å²) < 4.78 is 5.30. The zero-order valence-corrected chi connectivity index (χ0v) is 27.8. The van der Waals surface area contributed by atoms with Gasteiger partial charge < -0.3 is 25.3 Å². The van der Waals surface area contributed by atoms with Crippen LogP contribution in [0.1, 0.15) is 80.0 Å². The number of aryl methyl sites for hydroxylation is 2. The summed E-state index contributed by atoms with van der Waals surface area (Å²) in [5.41, 5.74) is 14.9. The summed E-state index contributed by atoms with van der Waals surface area (Å²) in [5, 5.41) is 6.93. The second kappa shape index (κ2) is 10.3. The van der Waals surface area contributed by atoms with Gasteiger partial charge in [0, 0.05) is 70.6 Å². The number of aromatic amines is 2. The molecule has 0 bridgehead atoms. The lowest BCUT2D eigenvalue weighted by Gasteiger charge is -2.24. The van der Waals surface area contributed by atoms with Crippen LogP contribution in [0.15, 0.2) is 43.0 Å². The Morgan fingerprint density at radius 3 is 1.86 bits per heavy atom. The van der Waals surface area contributed by atoms with Gasteiger partial charge in [-0.1, -0.05) is 11.6 Å². The number of nitrogens with zero attached hydrogens (tertiary/aromatic N) is 3. The molecule has 11 heteroatoms. The molecule has 2 saturated carbocycles. The number of carbonyl (C=O) groups excluding carboxylic acids is 2. The summed E-state index contributed by atoms with van der Waals surface area (Å²) in [6.07, 6.45) is 17.0. The molecule has 11 rings (SSSR count). The monoisotopic (exact) mass is 671 g/mol. The molecule has 4 N–H and O–H groups in total. The van der Waals surface area contributed by atoms with Crippen LogP contribution < -0.4 is 15.4 Å². The molecule has 5 aromatic heterocycles. The first kappa shape index (κ1) is 29.0. The molecule has 2 fully saturated rings. The lowest BCUT2D eigenvalue weighted by molar-refractivity contribution is 0.0908. The van der Waals surface area contributed by atoms with Gasteiger partial charge in [-0.3, -0.25) is 19.6 Å². The van der Waals surface area contributed by atoms with E-state index < -0.39 is 0 Å². The van der Waals surface area contributed by atoms with Gasteiger partial charge in [0.2, 0.25) is 0 Å². The Labute approximate surface area is 287 Å². The minimum Gasteiger partial charge on any atom is -0.495 e. The van der Waals surface area contributed by atoms with Crippen molar-refractivity contribution in [2.75, 3.05) is 7.11 Å². The van der Waals surface area contributed by atoms with Crippen LogP contribution in [-0.2, 0) is 38.5 Å². The van der Waals surface area contributed by atoms with Crippen molar-refractivity contribution in [3.8, 4) is 39.5 Å². The van der Waals surface area contributed by atoms with Crippen molar-refractivity contribution in [2.45, 2.75) is 75.3 Å².